The van der Waals surface area contributed by atoms with Crippen molar-refractivity contribution in [3.63, 3.8) is 0 Å². The summed E-state index contributed by atoms with van der Waals surface area (Å²) < 4.78 is 0. The molecule has 1 amide bonds. The first-order valence-electron chi connectivity index (χ1n) is 6.91. The number of aryl methyl sites for hydroxylation is 1. The van der Waals surface area contributed by atoms with E-state index in [2.05, 4.69) is 10.2 Å². The number of carboxylic acid groups (broad SMARTS) is 1. The van der Waals surface area contributed by atoms with Crippen LogP contribution in [-0.4, -0.2) is 41.5 Å². The first-order valence-corrected chi connectivity index (χ1v) is 7.79. The van der Waals surface area contributed by atoms with Crippen molar-refractivity contribution in [1.29, 1.82) is 0 Å². The summed E-state index contributed by atoms with van der Waals surface area (Å²) >= 11 is 1.34. The summed E-state index contributed by atoms with van der Waals surface area (Å²) in [6.45, 7) is 4.05. The van der Waals surface area contributed by atoms with E-state index < -0.39 is 5.97 Å². The number of aromatic carboxylic acids is 1. The molecule has 22 heavy (non-hydrogen) atoms. The number of nitrogens with zero attached hydrogens (tertiary/aromatic N) is 1. The fourth-order valence-electron chi connectivity index (χ4n) is 2.44. The van der Waals surface area contributed by atoms with Crippen molar-refractivity contribution in [1.82, 2.24) is 4.90 Å². The Bertz CT molecular complexity index is 502. The molecular weight excluding hydrogens is 335 g/mol. The summed E-state index contributed by atoms with van der Waals surface area (Å²) in [6, 6.07) is 0. The molecule has 0 radical (unpaired) electrons. The van der Waals surface area contributed by atoms with E-state index >= 15 is 0 Å². The van der Waals surface area contributed by atoms with Gasteiger partial charge in [0.1, 0.15) is 0 Å². The van der Waals surface area contributed by atoms with Gasteiger partial charge in [-0.3, -0.25) is 9.69 Å². The van der Waals surface area contributed by atoms with Gasteiger partial charge in [0.2, 0.25) is 5.91 Å². The minimum Gasteiger partial charge on any atom is -1.00 e. The summed E-state index contributed by atoms with van der Waals surface area (Å²) in [4.78, 5) is 26.1. The molecule has 1 saturated heterocycles. The van der Waals surface area contributed by atoms with E-state index in [4.69, 9.17) is 5.11 Å². The van der Waals surface area contributed by atoms with Crippen molar-refractivity contribution in [3.05, 3.63) is 15.8 Å². The van der Waals surface area contributed by atoms with E-state index in [-0.39, 0.29) is 53.4 Å². The van der Waals surface area contributed by atoms with Crippen LogP contribution in [0.3, 0.4) is 0 Å². The Balaban J connectivity index is 0.00000220. The first-order chi connectivity index (χ1) is 9.58. The van der Waals surface area contributed by atoms with E-state index in [1.165, 1.54) is 24.2 Å². The Hall–Kier alpha value is -0.110. The van der Waals surface area contributed by atoms with Crippen LogP contribution in [-0.2, 0) is 4.79 Å². The van der Waals surface area contributed by atoms with Gasteiger partial charge in [-0.25, -0.2) is 4.79 Å². The van der Waals surface area contributed by atoms with Crippen molar-refractivity contribution in [2.24, 2.45) is 0 Å². The van der Waals surface area contributed by atoms with Gasteiger partial charge in [-0.2, -0.15) is 0 Å². The maximum Gasteiger partial charge on any atom is 1.00 e. The number of anilines is 1. The largest absolute Gasteiger partial charge is 1.00 e. The molecule has 1 aliphatic heterocycles. The number of hydrogen-bond donors (Lipinski definition) is 2. The summed E-state index contributed by atoms with van der Waals surface area (Å²) in [7, 11) is 0. The fourth-order valence-corrected chi connectivity index (χ4v) is 3.24. The summed E-state index contributed by atoms with van der Waals surface area (Å²) in [6.07, 6.45) is 4.71. The molecule has 1 aromatic rings. The van der Waals surface area contributed by atoms with Crippen molar-refractivity contribution in [3.8, 4) is 0 Å². The molecule has 1 aliphatic rings. The molecule has 2 rings (SSSR count). The second-order valence-corrected chi connectivity index (χ2v) is 6.21. The molecule has 0 aromatic carbocycles. The van der Waals surface area contributed by atoms with Crippen LogP contribution >= 0.6 is 11.3 Å². The Morgan fingerprint density at radius 2 is 1.86 bits per heavy atom. The Labute approximate surface area is 163 Å². The molecule has 2 heterocycles. The number of carbonyl (C=O) groups is 2. The van der Waals surface area contributed by atoms with Gasteiger partial charge in [0.15, 0.2) is 0 Å². The number of likely N-dealkylation sites (tertiary alicyclic amines) is 1. The normalized spacial score (nSPS) is 15.1. The average Bonchev–Trinajstić information content (AvgIpc) is 2.62. The van der Waals surface area contributed by atoms with Crippen molar-refractivity contribution in [2.45, 2.75) is 32.6 Å². The third-order valence-corrected chi connectivity index (χ3v) is 4.45. The van der Waals surface area contributed by atoms with Gasteiger partial charge in [-0.05, 0) is 32.9 Å². The predicted molar refractivity (Wildman–Crippen MR) is 79.6 cm³/mol. The summed E-state index contributed by atoms with van der Waals surface area (Å²) in [5.41, 5.74) is 0.624. The predicted octanol–water partition coefficient (Wildman–Crippen LogP) is -3.42. The Morgan fingerprint density at radius 3 is 2.41 bits per heavy atom. The molecule has 1 aromatic heterocycles. The van der Waals surface area contributed by atoms with Gasteiger partial charge >= 0.3 is 35.5 Å². The molecule has 0 atom stereocenters. The minimum atomic E-state index is -1.00. The quantitative estimate of drug-likeness (QED) is 0.553. The number of amides is 1. The van der Waals surface area contributed by atoms with E-state index in [0.29, 0.717) is 12.2 Å². The molecule has 1 fully saturated rings. The van der Waals surface area contributed by atoms with Crippen LogP contribution in [0.15, 0.2) is 5.38 Å². The second-order valence-electron chi connectivity index (χ2n) is 5.12. The van der Waals surface area contributed by atoms with E-state index in [9.17, 15) is 9.59 Å². The number of nitrogens with one attached hydrogen (secondary N) is 1. The Kier molecular flexibility index (Phi) is 10.6. The molecule has 2 N–H and O–H groups in total. The van der Waals surface area contributed by atoms with Gasteiger partial charge in [0.25, 0.3) is 0 Å². The summed E-state index contributed by atoms with van der Waals surface area (Å²) in [5, 5.41) is 13.4. The van der Waals surface area contributed by atoms with Gasteiger partial charge in [0.05, 0.1) is 17.8 Å². The smallest absolute Gasteiger partial charge is 1.00 e. The van der Waals surface area contributed by atoms with Crippen LogP contribution in [0.25, 0.3) is 0 Å². The number of thiophene rings is 1. The molecule has 8 heteroatoms. The molecule has 5 nitrogen and oxygen atoms in total. The molecule has 0 spiro atoms. The van der Waals surface area contributed by atoms with Crippen molar-refractivity contribution < 1.29 is 56.7 Å². The zero-order valence-electron chi connectivity index (χ0n) is 13.0. The van der Waals surface area contributed by atoms with Crippen LogP contribution in [0.4, 0.5) is 5.69 Å². The molecule has 0 saturated carbocycles. The number of carbonyl (C=O) groups excluding carboxylic acids is 1. The Morgan fingerprint density at radius 1 is 1.27 bits per heavy atom. The number of carboxylic acids is 1. The van der Waals surface area contributed by atoms with Crippen LogP contribution in [0.2, 0.25) is 0 Å². The van der Waals surface area contributed by atoms with Gasteiger partial charge in [0, 0.05) is 10.3 Å². The number of rotatable bonds is 4. The van der Waals surface area contributed by atoms with Crippen LogP contribution in [0.1, 0.15) is 40.9 Å². The van der Waals surface area contributed by atoms with Crippen molar-refractivity contribution >= 4 is 28.9 Å². The molecular formula is C14H20ClN2NaO3S. The van der Waals surface area contributed by atoms with Gasteiger partial charge in [-0.1, -0.05) is 12.8 Å². The van der Waals surface area contributed by atoms with Crippen molar-refractivity contribution in [2.75, 3.05) is 25.0 Å². The third kappa shape index (κ3) is 6.18. The maximum atomic E-state index is 12.1. The topological polar surface area (TPSA) is 69.6 Å². The van der Waals surface area contributed by atoms with Crippen LogP contribution in [0, 0.1) is 6.92 Å². The van der Waals surface area contributed by atoms with E-state index in [1.807, 2.05) is 6.92 Å². The van der Waals surface area contributed by atoms with E-state index in [0.717, 1.165) is 30.8 Å². The minimum absolute atomic E-state index is 0. The zero-order valence-corrected chi connectivity index (χ0v) is 16.6. The number of halogens is 1. The maximum absolute atomic E-state index is 12.1. The molecule has 0 unspecified atom stereocenters. The van der Waals surface area contributed by atoms with Crippen LogP contribution < -0.4 is 47.3 Å². The standard InChI is InChI=1S/C14H20N2O3S.ClH.Na/c1-10-13(11(9-20-10)14(18)19)15-12(17)8-16-6-4-2-3-5-7-16;;/h9H,2-8H2,1H3,(H,15,17)(H,18,19);1H;/q;;+1/p-1. The average molecular weight is 355 g/mol. The first kappa shape index (κ1) is 21.9. The molecule has 118 valence electrons. The van der Waals surface area contributed by atoms with Gasteiger partial charge < -0.3 is 22.8 Å². The SMILES string of the molecule is Cc1scc(C(=O)O)c1NC(=O)CN1CCCCCC1.[Cl-].[Na+]. The van der Waals surface area contributed by atoms with Gasteiger partial charge in [-0.15, -0.1) is 11.3 Å². The summed E-state index contributed by atoms with van der Waals surface area (Å²) in [5.74, 6) is -1.13. The zero-order chi connectivity index (χ0) is 14.5. The van der Waals surface area contributed by atoms with E-state index in [1.54, 1.807) is 5.38 Å². The third-order valence-electron chi connectivity index (χ3n) is 3.54. The second kappa shape index (κ2) is 10.6. The van der Waals surface area contributed by atoms with Crippen LogP contribution in [0.5, 0.6) is 0 Å². The monoisotopic (exact) mass is 354 g/mol. The number of hydrogen-bond acceptors (Lipinski definition) is 4. The molecule has 0 aliphatic carbocycles. The fraction of sp³-hybridized carbons (Fsp3) is 0.571. The molecule has 0 bridgehead atoms.